The van der Waals surface area contributed by atoms with Crippen LogP contribution in [-0.4, -0.2) is 72.8 Å². The van der Waals surface area contributed by atoms with Gasteiger partial charge < -0.3 is 14.4 Å². The van der Waals surface area contributed by atoms with E-state index in [1.165, 1.54) is 25.9 Å². The highest BCUT2D eigenvalue weighted by atomic mass is 16.6. The number of piperazine rings is 1. The second-order valence-corrected chi connectivity index (χ2v) is 6.58. The number of methoxy groups -OCH3 is 1. The Balaban J connectivity index is 2.21. The fourth-order valence-corrected chi connectivity index (χ4v) is 3.94. The molecule has 0 radical (unpaired) electrons. The molecule has 1 aliphatic carbocycles. The van der Waals surface area contributed by atoms with E-state index in [0.717, 1.165) is 0 Å². The lowest BCUT2D eigenvalue weighted by molar-refractivity contribution is -0.209. The molecular formula is C17H20N2O6. The molecule has 0 aromatic heterocycles. The summed E-state index contributed by atoms with van der Waals surface area (Å²) in [6.07, 6.45) is -0.156. The number of allylic oxidation sites excluding steroid dienone is 2. The van der Waals surface area contributed by atoms with Crippen molar-refractivity contribution in [2.75, 3.05) is 27.7 Å². The van der Waals surface area contributed by atoms with Crippen molar-refractivity contribution in [2.24, 2.45) is 0 Å². The van der Waals surface area contributed by atoms with Crippen molar-refractivity contribution < 1.29 is 28.7 Å². The minimum Gasteiger partial charge on any atom is -0.492 e. The van der Waals surface area contributed by atoms with E-state index >= 15 is 0 Å². The normalized spacial score (nSPS) is 29.9. The van der Waals surface area contributed by atoms with Gasteiger partial charge in [0.2, 0.25) is 11.5 Å². The summed E-state index contributed by atoms with van der Waals surface area (Å²) in [5.74, 6) is -1.72. The maximum Gasteiger partial charge on any atom is 0.304 e. The van der Waals surface area contributed by atoms with Gasteiger partial charge in [-0.3, -0.25) is 24.1 Å². The molecule has 134 valence electrons. The molecule has 1 amide bonds. The summed E-state index contributed by atoms with van der Waals surface area (Å²) in [7, 11) is 4.55. The SMILES string of the molecule is COC1=C(C)C(=O)C2=C(C1=O)C1CN(C)C(=O)C(OC(C)=O)(C2)N1C. The van der Waals surface area contributed by atoms with Crippen molar-refractivity contribution in [3.8, 4) is 0 Å². The summed E-state index contributed by atoms with van der Waals surface area (Å²) in [6, 6.07) is -0.555. The molecule has 2 bridgehead atoms. The maximum atomic E-state index is 12.9. The van der Waals surface area contributed by atoms with E-state index in [2.05, 4.69) is 0 Å². The average Bonchev–Trinajstić information content (AvgIpc) is 2.54. The molecule has 0 aromatic carbocycles. The van der Waals surface area contributed by atoms with Crippen LogP contribution in [0.1, 0.15) is 20.3 Å². The van der Waals surface area contributed by atoms with Crippen molar-refractivity contribution in [1.29, 1.82) is 0 Å². The maximum absolute atomic E-state index is 12.9. The Morgan fingerprint density at radius 2 is 1.84 bits per heavy atom. The van der Waals surface area contributed by atoms with Crippen LogP contribution in [-0.2, 0) is 28.7 Å². The van der Waals surface area contributed by atoms with Crippen molar-refractivity contribution in [3.63, 3.8) is 0 Å². The van der Waals surface area contributed by atoms with E-state index in [0.29, 0.717) is 5.57 Å². The van der Waals surface area contributed by atoms with Crippen LogP contribution in [0.2, 0.25) is 0 Å². The fraction of sp³-hybridized carbons (Fsp3) is 0.529. The third-order valence-electron chi connectivity index (χ3n) is 5.16. The first kappa shape index (κ1) is 17.3. The first-order chi connectivity index (χ1) is 11.7. The summed E-state index contributed by atoms with van der Waals surface area (Å²) in [6.45, 7) is 2.95. The Bertz CT molecular complexity index is 780. The topological polar surface area (TPSA) is 93.2 Å². The molecule has 8 heteroatoms. The fourth-order valence-electron chi connectivity index (χ4n) is 3.94. The van der Waals surface area contributed by atoms with Crippen LogP contribution in [0, 0.1) is 0 Å². The largest absolute Gasteiger partial charge is 0.492 e. The molecule has 2 aliphatic heterocycles. The molecule has 25 heavy (non-hydrogen) atoms. The van der Waals surface area contributed by atoms with E-state index in [-0.39, 0.29) is 41.4 Å². The molecule has 2 unspecified atom stereocenters. The van der Waals surface area contributed by atoms with E-state index in [9.17, 15) is 19.2 Å². The Morgan fingerprint density at radius 1 is 1.20 bits per heavy atom. The highest BCUT2D eigenvalue weighted by Gasteiger charge is 2.60. The number of rotatable bonds is 2. The average molecular weight is 348 g/mol. The minimum atomic E-state index is -1.61. The van der Waals surface area contributed by atoms with Gasteiger partial charge >= 0.3 is 5.97 Å². The Labute approximate surface area is 145 Å². The van der Waals surface area contributed by atoms with Gasteiger partial charge in [0.05, 0.1) is 13.2 Å². The number of hydrogen-bond donors (Lipinski definition) is 0. The van der Waals surface area contributed by atoms with Crippen LogP contribution < -0.4 is 0 Å². The van der Waals surface area contributed by atoms with Crippen LogP contribution in [0.25, 0.3) is 0 Å². The highest BCUT2D eigenvalue weighted by molar-refractivity contribution is 6.25. The first-order valence-corrected chi connectivity index (χ1v) is 7.91. The van der Waals surface area contributed by atoms with E-state index < -0.39 is 23.6 Å². The zero-order chi connectivity index (χ0) is 18.7. The number of ketones is 2. The Hall–Kier alpha value is -2.48. The Morgan fingerprint density at radius 3 is 2.40 bits per heavy atom. The quantitative estimate of drug-likeness (QED) is 0.503. The second kappa shape index (κ2) is 5.52. The van der Waals surface area contributed by atoms with Gasteiger partial charge in [-0.05, 0) is 14.0 Å². The van der Waals surface area contributed by atoms with Crippen molar-refractivity contribution >= 4 is 23.4 Å². The van der Waals surface area contributed by atoms with Gasteiger partial charge in [0.25, 0.3) is 5.91 Å². The zero-order valence-electron chi connectivity index (χ0n) is 14.8. The molecule has 3 aliphatic rings. The number of esters is 1. The number of hydrogen-bond acceptors (Lipinski definition) is 7. The third-order valence-corrected chi connectivity index (χ3v) is 5.16. The molecule has 0 N–H and O–H groups in total. The number of ether oxygens (including phenoxy) is 2. The number of amides is 1. The first-order valence-electron chi connectivity index (χ1n) is 7.91. The number of Topliss-reactive ketones (excluding diaryl/α,β-unsaturated/α-hetero) is 2. The highest BCUT2D eigenvalue weighted by Crippen LogP contribution is 2.44. The van der Waals surface area contributed by atoms with Crippen LogP contribution in [0.3, 0.4) is 0 Å². The predicted molar refractivity (Wildman–Crippen MR) is 85.1 cm³/mol. The van der Waals surface area contributed by atoms with Gasteiger partial charge in [0, 0.05) is 43.7 Å². The molecule has 0 aromatic rings. The Kier molecular flexibility index (Phi) is 3.83. The van der Waals surface area contributed by atoms with Crippen molar-refractivity contribution in [1.82, 2.24) is 9.80 Å². The van der Waals surface area contributed by atoms with Crippen LogP contribution in [0.4, 0.5) is 0 Å². The summed E-state index contributed by atoms with van der Waals surface area (Å²) in [5, 5.41) is 0. The molecule has 1 saturated heterocycles. The number of carbonyl (C=O) groups is 4. The molecule has 1 fully saturated rings. The molecule has 3 rings (SSSR count). The van der Waals surface area contributed by atoms with Crippen molar-refractivity contribution in [2.45, 2.75) is 32.0 Å². The molecule has 0 saturated carbocycles. The summed E-state index contributed by atoms with van der Waals surface area (Å²) < 4.78 is 10.6. The van der Waals surface area contributed by atoms with Gasteiger partial charge in [-0.15, -0.1) is 0 Å². The number of fused-ring (bicyclic) bond motifs is 3. The lowest BCUT2D eigenvalue weighted by Crippen LogP contribution is -2.72. The number of carbonyl (C=O) groups excluding carboxylic acids is 4. The summed E-state index contributed by atoms with van der Waals surface area (Å²) in [4.78, 5) is 53.2. The molecule has 2 atom stereocenters. The summed E-state index contributed by atoms with van der Waals surface area (Å²) in [5.41, 5.74) is -0.859. The van der Waals surface area contributed by atoms with Gasteiger partial charge in [0.1, 0.15) is 0 Å². The lowest BCUT2D eigenvalue weighted by Gasteiger charge is -2.54. The molecule has 8 nitrogen and oxygen atoms in total. The third kappa shape index (κ3) is 2.17. The van der Waals surface area contributed by atoms with E-state index in [1.54, 1.807) is 19.0 Å². The monoisotopic (exact) mass is 348 g/mol. The summed E-state index contributed by atoms with van der Waals surface area (Å²) >= 11 is 0. The van der Waals surface area contributed by atoms with Crippen LogP contribution in [0.15, 0.2) is 22.5 Å². The van der Waals surface area contributed by atoms with Crippen LogP contribution >= 0.6 is 0 Å². The second-order valence-electron chi connectivity index (χ2n) is 6.58. The van der Waals surface area contributed by atoms with Crippen LogP contribution in [0.5, 0.6) is 0 Å². The predicted octanol–water partition coefficient (Wildman–Crippen LogP) is -0.209. The van der Waals surface area contributed by atoms with Crippen molar-refractivity contribution in [3.05, 3.63) is 22.5 Å². The standard InChI is InChI=1S/C17H20N2O6/c1-8-13(21)10-6-17(25-9(2)20)16(23)18(3)7-11(19(17)4)12(10)14(22)15(8)24-5/h11H,6-7H2,1-5H3. The molecular weight excluding hydrogens is 328 g/mol. The smallest absolute Gasteiger partial charge is 0.304 e. The van der Waals surface area contributed by atoms with Gasteiger partial charge in [0.15, 0.2) is 11.5 Å². The van der Waals surface area contributed by atoms with E-state index in [4.69, 9.17) is 9.47 Å². The molecule has 0 spiro atoms. The van der Waals surface area contributed by atoms with Gasteiger partial charge in [-0.2, -0.15) is 0 Å². The minimum absolute atomic E-state index is 0.0247. The van der Waals surface area contributed by atoms with Gasteiger partial charge in [-0.25, -0.2) is 0 Å². The van der Waals surface area contributed by atoms with E-state index in [1.807, 2.05) is 0 Å². The number of likely N-dealkylation sites (N-methyl/N-ethyl adjacent to an activating group) is 2. The molecule has 2 heterocycles. The zero-order valence-corrected chi connectivity index (χ0v) is 14.8. The lowest BCUT2D eigenvalue weighted by atomic mass is 9.75. The number of nitrogens with zero attached hydrogens (tertiary/aromatic N) is 2. The van der Waals surface area contributed by atoms with Gasteiger partial charge in [-0.1, -0.05) is 0 Å².